The number of aromatic nitrogens is 1. The first-order valence-corrected chi connectivity index (χ1v) is 6.49. The fraction of sp³-hybridized carbons (Fsp3) is 0.571. The number of likely N-dealkylation sites (N-methyl/N-ethyl adjacent to an activating group) is 1. The van der Waals surface area contributed by atoms with Gasteiger partial charge in [0.25, 0.3) is 0 Å². The van der Waals surface area contributed by atoms with Crippen LogP contribution in [0.2, 0.25) is 0 Å². The summed E-state index contributed by atoms with van der Waals surface area (Å²) in [5.74, 6) is 0.314. The molecule has 0 aliphatic rings. The van der Waals surface area contributed by atoms with Gasteiger partial charge in [0.05, 0.1) is 5.56 Å². The van der Waals surface area contributed by atoms with Crippen molar-refractivity contribution in [2.24, 2.45) is 5.92 Å². The summed E-state index contributed by atoms with van der Waals surface area (Å²) in [5, 5.41) is 9.04. The van der Waals surface area contributed by atoms with Gasteiger partial charge in [0.1, 0.15) is 5.82 Å². The zero-order chi connectivity index (χ0) is 14.4. The molecule has 0 radical (unpaired) electrons. The van der Waals surface area contributed by atoms with Crippen LogP contribution in [0.4, 0.5) is 5.82 Å². The number of anilines is 1. The number of carbonyl (C=O) groups is 1. The van der Waals surface area contributed by atoms with E-state index in [1.165, 1.54) is 6.07 Å². The Balaban J connectivity index is 2.89. The van der Waals surface area contributed by atoms with Crippen LogP contribution in [0.25, 0.3) is 0 Å². The molecule has 0 saturated heterocycles. The first kappa shape index (κ1) is 15.4. The van der Waals surface area contributed by atoms with Crippen LogP contribution in [0, 0.1) is 5.92 Å². The SMILES string of the molecule is CC(C)CN(CCN(C)C)c1cc(C(=O)O)ccn1. The van der Waals surface area contributed by atoms with E-state index in [1.807, 2.05) is 14.1 Å². The monoisotopic (exact) mass is 265 g/mol. The smallest absolute Gasteiger partial charge is 0.335 e. The fourth-order valence-electron chi connectivity index (χ4n) is 1.79. The number of hydrogen-bond acceptors (Lipinski definition) is 4. The fourth-order valence-corrected chi connectivity index (χ4v) is 1.79. The van der Waals surface area contributed by atoms with Crippen molar-refractivity contribution in [2.45, 2.75) is 13.8 Å². The van der Waals surface area contributed by atoms with E-state index in [0.29, 0.717) is 5.92 Å². The maximum Gasteiger partial charge on any atom is 0.335 e. The molecular weight excluding hydrogens is 242 g/mol. The van der Waals surface area contributed by atoms with Gasteiger partial charge in [-0.2, -0.15) is 0 Å². The predicted molar refractivity (Wildman–Crippen MR) is 76.8 cm³/mol. The summed E-state index contributed by atoms with van der Waals surface area (Å²) in [6.45, 7) is 6.89. The topological polar surface area (TPSA) is 56.7 Å². The molecular formula is C14H23N3O2. The van der Waals surface area contributed by atoms with Crippen LogP contribution >= 0.6 is 0 Å². The van der Waals surface area contributed by atoms with Gasteiger partial charge >= 0.3 is 5.97 Å². The third-order valence-corrected chi connectivity index (χ3v) is 2.72. The highest BCUT2D eigenvalue weighted by atomic mass is 16.4. The highest BCUT2D eigenvalue weighted by Gasteiger charge is 2.12. The van der Waals surface area contributed by atoms with Gasteiger partial charge in [0.2, 0.25) is 0 Å². The minimum atomic E-state index is -0.916. The normalized spacial score (nSPS) is 11.1. The molecule has 1 aromatic rings. The average molecular weight is 265 g/mol. The second-order valence-corrected chi connectivity index (χ2v) is 5.35. The van der Waals surface area contributed by atoms with Crippen molar-refractivity contribution in [3.05, 3.63) is 23.9 Å². The zero-order valence-corrected chi connectivity index (χ0v) is 12.1. The number of rotatable bonds is 7. The molecule has 0 saturated carbocycles. The van der Waals surface area contributed by atoms with Crippen LogP contribution in [0.5, 0.6) is 0 Å². The Morgan fingerprint density at radius 3 is 2.58 bits per heavy atom. The van der Waals surface area contributed by atoms with Gasteiger partial charge in [-0.25, -0.2) is 9.78 Å². The van der Waals surface area contributed by atoms with Crippen molar-refractivity contribution in [2.75, 3.05) is 38.6 Å². The second kappa shape index (κ2) is 7.09. The molecule has 19 heavy (non-hydrogen) atoms. The van der Waals surface area contributed by atoms with Crippen molar-refractivity contribution in [3.63, 3.8) is 0 Å². The average Bonchev–Trinajstić information content (AvgIpc) is 2.34. The molecule has 0 spiro atoms. The van der Waals surface area contributed by atoms with E-state index >= 15 is 0 Å². The van der Waals surface area contributed by atoms with E-state index in [-0.39, 0.29) is 5.56 Å². The van der Waals surface area contributed by atoms with Crippen molar-refractivity contribution in [1.82, 2.24) is 9.88 Å². The molecule has 0 unspecified atom stereocenters. The van der Waals surface area contributed by atoms with Gasteiger partial charge < -0.3 is 14.9 Å². The third-order valence-electron chi connectivity index (χ3n) is 2.72. The molecule has 1 heterocycles. The summed E-state index contributed by atoms with van der Waals surface area (Å²) in [5.41, 5.74) is 0.281. The van der Waals surface area contributed by atoms with Crippen LogP contribution in [0.3, 0.4) is 0 Å². The lowest BCUT2D eigenvalue weighted by Crippen LogP contribution is -2.35. The zero-order valence-electron chi connectivity index (χ0n) is 12.1. The van der Waals surface area contributed by atoms with Gasteiger partial charge in [-0.1, -0.05) is 13.8 Å². The Bertz CT molecular complexity index is 419. The lowest BCUT2D eigenvalue weighted by atomic mass is 10.2. The molecule has 0 bridgehead atoms. The highest BCUT2D eigenvalue weighted by Crippen LogP contribution is 2.14. The van der Waals surface area contributed by atoms with Crippen molar-refractivity contribution >= 4 is 11.8 Å². The number of hydrogen-bond donors (Lipinski definition) is 1. The molecule has 5 heteroatoms. The highest BCUT2D eigenvalue weighted by molar-refractivity contribution is 5.88. The standard InChI is InChI=1S/C14H23N3O2/c1-11(2)10-17(8-7-16(3)4)13-9-12(14(18)19)5-6-15-13/h5-6,9,11H,7-8,10H2,1-4H3,(H,18,19). The summed E-state index contributed by atoms with van der Waals surface area (Å²) in [4.78, 5) is 19.5. The quantitative estimate of drug-likeness (QED) is 0.814. The van der Waals surface area contributed by atoms with Gasteiger partial charge in [-0.15, -0.1) is 0 Å². The maximum atomic E-state index is 11.0. The van der Waals surface area contributed by atoms with Gasteiger partial charge in [0, 0.05) is 25.8 Å². The Kier molecular flexibility index (Phi) is 5.76. The van der Waals surface area contributed by atoms with E-state index in [4.69, 9.17) is 5.11 Å². The Morgan fingerprint density at radius 1 is 1.37 bits per heavy atom. The van der Waals surface area contributed by atoms with Crippen LogP contribution in [0.15, 0.2) is 18.3 Å². The molecule has 106 valence electrons. The van der Waals surface area contributed by atoms with Crippen LogP contribution in [-0.4, -0.2) is 54.7 Å². The Labute approximate surface area is 114 Å². The molecule has 5 nitrogen and oxygen atoms in total. The lowest BCUT2D eigenvalue weighted by molar-refractivity contribution is 0.0697. The molecule has 0 amide bonds. The molecule has 1 N–H and O–H groups in total. The largest absolute Gasteiger partial charge is 0.478 e. The number of carboxylic acid groups (broad SMARTS) is 1. The predicted octanol–water partition coefficient (Wildman–Crippen LogP) is 1.80. The lowest BCUT2D eigenvalue weighted by Gasteiger charge is -2.27. The van der Waals surface area contributed by atoms with Gasteiger partial charge in [0.15, 0.2) is 0 Å². The third kappa shape index (κ3) is 5.26. The Hall–Kier alpha value is -1.62. The van der Waals surface area contributed by atoms with Crippen LogP contribution in [-0.2, 0) is 0 Å². The van der Waals surface area contributed by atoms with Crippen molar-refractivity contribution in [3.8, 4) is 0 Å². The summed E-state index contributed by atoms with van der Waals surface area (Å²) >= 11 is 0. The van der Waals surface area contributed by atoms with E-state index in [9.17, 15) is 4.79 Å². The van der Waals surface area contributed by atoms with E-state index < -0.39 is 5.97 Å². The van der Waals surface area contributed by atoms with Crippen molar-refractivity contribution < 1.29 is 9.90 Å². The van der Waals surface area contributed by atoms with E-state index in [0.717, 1.165) is 25.5 Å². The molecule has 0 aliphatic carbocycles. The summed E-state index contributed by atoms with van der Waals surface area (Å²) in [6.07, 6.45) is 1.56. The van der Waals surface area contributed by atoms with E-state index in [2.05, 4.69) is 28.6 Å². The summed E-state index contributed by atoms with van der Waals surface area (Å²) < 4.78 is 0. The van der Waals surface area contributed by atoms with Gasteiger partial charge in [-0.05, 0) is 32.1 Å². The number of nitrogens with zero attached hydrogens (tertiary/aromatic N) is 3. The van der Waals surface area contributed by atoms with Crippen LogP contribution in [0.1, 0.15) is 24.2 Å². The molecule has 1 rings (SSSR count). The number of carboxylic acids is 1. The summed E-state index contributed by atoms with van der Waals surface area (Å²) in [7, 11) is 4.04. The molecule has 0 fully saturated rings. The van der Waals surface area contributed by atoms with Gasteiger partial charge in [-0.3, -0.25) is 0 Å². The Morgan fingerprint density at radius 2 is 2.05 bits per heavy atom. The summed E-state index contributed by atoms with van der Waals surface area (Å²) in [6, 6.07) is 3.16. The number of pyridine rings is 1. The second-order valence-electron chi connectivity index (χ2n) is 5.35. The molecule has 0 aromatic carbocycles. The van der Waals surface area contributed by atoms with Crippen LogP contribution < -0.4 is 4.90 Å². The first-order valence-electron chi connectivity index (χ1n) is 6.49. The molecule has 0 atom stereocenters. The first-order chi connectivity index (χ1) is 8.90. The van der Waals surface area contributed by atoms with E-state index in [1.54, 1.807) is 12.3 Å². The molecule has 0 aliphatic heterocycles. The maximum absolute atomic E-state index is 11.0. The van der Waals surface area contributed by atoms with Crippen molar-refractivity contribution in [1.29, 1.82) is 0 Å². The minimum absolute atomic E-state index is 0.281. The number of aromatic carboxylic acids is 1. The molecule has 1 aromatic heterocycles. The minimum Gasteiger partial charge on any atom is -0.478 e.